The molecule has 5 aromatic rings. The molecule has 3 aromatic heterocycles. The predicted octanol–water partition coefficient (Wildman–Crippen LogP) is 5.75. The lowest BCUT2D eigenvalue weighted by atomic mass is 9.89. The van der Waals surface area contributed by atoms with Gasteiger partial charge in [-0.3, -0.25) is 4.90 Å². The molecular formula is C31H34ClN9. The topological polar surface area (TPSA) is 101 Å². The Balaban J connectivity index is 1.12. The third-order valence-corrected chi connectivity index (χ3v) is 8.98. The third kappa shape index (κ3) is 5.21. The lowest BCUT2D eigenvalue weighted by Crippen LogP contribution is -2.49. The molecule has 0 bridgehead atoms. The van der Waals surface area contributed by atoms with Gasteiger partial charge in [0.15, 0.2) is 0 Å². The average molecular weight is 568 g/mol. The first-order valence-corrected chi connectivity index (χ1v) is 14.7. The number of benzene rings is 2. The number of nitrogens with two attached hydrogens (primary N) is 1. The van der Waals surface area contributed by atoms with E-state index in [1.807, 2.05) is 30.3 Å². The zero-order valence-corrected chi connectivity index (χ0v) is 23.9. The summed E-state index contributed by atoms with van der Waals surface area (Å²) in [6, 6.07) is 14.9. The van der Waals surface area contributed by atoms with Crippen LogP contribution < -0.4 is 11.1 Å². The van der Waals surface area contributed by atoms with Gasteiger partial charge in [0.1, 0.15) is 17.8 Å². The number of aromatic nitrogens is 5. The summed E-state index contributed by atoms with van der Waals surface area (Å²) in [6.45, 7) is 4.69. The molecule has 0 spiro atoms. The fraction of sp³-hybridized carbons (Fsp3) is 0.355. The van der Waals surface area contributed by atoms with E-state index in [-0.39, 0.29) is 0 Å². The minimum atomic E-state index is 0.406. The number of nitrogen functional groups attached to an aromatic ring is 1. The van der Waals surface area contributed by atoms with Crippen LogP contribution in [0, 0.1) is 0 Å². The average Bonchev–Trinajstić information content (AvgIpc) is 3.39. The van der Waals surface area contributed by atoms with Crippen LogP contribution in [0.15, 0.2) is 61.2 Å². The summed E-state index contributed by atoms with van der Waals surface area (Å²) in [5.74, 6) is 1.04. The number of fused-ring (bicyclic) bond motifs is 2. The van der Waals surface area contributed by atoms with Crippen LogP contribution >= 0.6 is 11.6 Å². The first-order chi connectivity index (χ1) is 20.0. The van der Waals surface area contributed by atoms with Gasteiger partial charge < -0.3 is 20.5 Å². The predicted molar refractivity (Wildman–Crippen MR) is 166 cm³/mol. The Morgan fingerprint density at radius 2 is 1.66 bits per heavy atom. The van der Waals surface area contributed by atoms with E-state index in [1.165, 1.54) is 39.0 Å². The Morgan fingerprint density at radius 1 is 0.902 bits per heavy atom. The molecule has 0 radical (unpaired) electrons. The Hall–Kier alpha value is -3.79. The summed E-state index contributed by atoms with van der Waals surface area (Å²) in [7, 11) is 2.22. The second-order valence-corrected chi connectivity index (χ2v) is 11.7. The number of halogens is 1. The van der Waals surface area contributed by atoms with Gasteiger partial charge in [-0.15, -0.1) is 0 Å². The summed E-state index contributed by atoms with van der Waals surface area (Å²) in [4.78, 5) is 23.2. The molecule has 2 aromatic carbocycles. The molecule has 4 heterocycles. The van der Waals surface area contributed by atoms with Crippen LogP contribution in [0.4, 0.5) is 17.5 Å². The molecule has 10 heteroatoms. The van der Waals surface area contributed by atoms with Gasteiger partial charge >= 0.3 is 0 Å². The first kappa shape index (κ1) is 26.1. The highest BCUT2D eigenvalue weighted by molar-refractivity contribution is 6.31. The van der Waals surface area contributed by atoms with Gasteiger partial charge in [-0.2, -0.15) is 0 Å². The molecule has 0 unspecified atom stereocenters. The Bertz CT molecular complexity index is 1680. The van der Waals surface area contributed by atoms with Crippen LogP contribution in [0.1, 0.15) is 31.7 Å². The van der Waals surface area contributed by atoms with Gasteiger partial charge in [-0.25, -0.2) is 19.9 Å². The van der Waals surface area contributed by atoms with Gasteiger partial charge in [0, 0.05) is 72.3 Å². The van der Waals surface area contributed by atoms with Crippen molar-refractivity contribution in [1.29, 1.82) is 0 Å². The van der Waals surface area contributed by atoms with E-state index in [9.17, 15) is 0 Å². The smallest absolute Gasteiger partial charge is 0.227 e. The number of likely N-dealkylation sites (N-methyl/N-ethyl adjacent to an activating group) is 1. The molecular weight excluding hydrogens is 534 g/mol. The van der Waals surface area contributed by atoms with Crippen molar-refractivity contribution in [2.24, 2.45) is 0 Å². The molecule has 210 valence electrons. The highest BCUT2D eigenvalue weighted by Gasteiger charge is 2.30. The normalized spacial score (nSPS) is 20.5. The number of nitrogens with one attached hydrogen (secondary N) is 1. The van der Waals surface area contributed by atoms with E-state index in [0.717, 1.165) is 51.6 Å². The first-order valence-electron chi connectivity index (χ1n) is 14.4. The van der Waals surface area contributed by atoms with E-state index in [2.05, 4.69) is 60.0 Å². The summed E-state index contributed by atoms with van der Waals surface area (Å²) in [6.07, 6.45) is 10.3. The molecule has 1 aliphatic carbocycles. The lowest BCUT2D eigenvalue weighted by Gasteiger charge is -2.41. The van der Waals surface area contributed by atoms with Crippen molar-refractivity contribution in [3.8, 4) is 11.1 Å². The maximum Gasteiger partial charge on any atom is 0.227 e. The Morgan fingerprint density at radius 3 is 2.44 bits per heavy atom. The van der Waals surface area contributed by atoms with E-state index in [4.69, 9.17) is 22.3 Å². The maximum absolute atomic E-state index is 6.44. The summed E-state index contributed by atoms with van der Waals surface area (Å²) >= 11 is 6.15. The van der Waals surface area contributed by atoms with Gasteiger partial charge in [-0.05, 0) is 68.6 Å². The van der Waals surface area contributed by atoms with Crippen molar-refractivity contribution in [2.45, 2.75) is 37.8 Å². The molecule has 1 saturated heterocycles. The molecule has 3 N–H and O–H groups in total. The monoisotopic (exact) mass is 567 g/mol. The van der Waals surface area contributed by atoms with Gasteiger partial charge in [0.05, 0.1) is 10.9 Å². The molecule has 9 nitrogen and oxygen atoms in total. The van der Waals surface area contributed by atoms with Crippen molar-refractivity contribution in [3.63, 3.8) is 0 Å². The zero-order chi connectivity index (χ0) is 27.9. The third-order valence-electron chi connectivity index (χ3n) is 8.75. The molecule has 2 fully saturated rings. The molecule has 0 amide bonds. The maximum atomic E-state index is 6.44. The van der Waals surface area contributed by atoms with Crippen LogP contribution in [0.3, 0.4) is 0 Å². The van der Waals surface area contributed by atoms with E-state index >= 15 is 0 Å². The highest BCUT2D eigenvalue weighted by atomic mass is 35.5. The number of hydrogen-bond donors (Lipinski definition) is 2. The van der Waals surface area contributed by atoms with Crippen LogP contribution in [-0.2, 0) is 0 Å². The standard InChI is InChI=1S/C31H34ClN9/c1-39-12-14-40(15-13-39)24-8-10-25(11-9-24)41-18-26(28-29(33)35-19-36-30(28)41)20-3-6-23(7-4-20)37-31-34-17-21-2-5-22(32)16-27(21)38-31/h2-7,16-19,24-25H,8-15H2,1H3,(H2,33,35,36)(H,34,37,38)/t24-,25+. The minimum absolute atomic E-state index is 0.406. The zero-order valence-electron chi connectivity index (χ0n) is 23.2. The summed E-state index contributed by atoms with van der Waals surface area (Å²) < 4.78 is 2.35. The lowest BCUT2D eigenvalue weighted by molar-refractivity contribution is 0.0828. The van der Waals surface area contributed by atoms with E-state index in [1.54, 1.807) is 12.5 Å². The van der Waals surface area contributed by atoms with Gasteiger partial charge in [0.25, 0.3) is 0 Å². The second kappa shape index (κ2) is 10.9. The largest absolute Gasteiger partial charge is 0.383 e. The van der Waals surface area contributed by atoms with Crippen molar-refractivity contribution in [1.82, 2.24) is 34.3 Å². The molecule has 1 saturated carbocycles. The minimum Gasteiger partial charge on any atom is -0.383 e. The van der Waals surface area contributed by atoms with Gasteiger partial charge in [-0.1, -0.05) is 23.7 Å². The quantitative estimate of drug-likeness (QED) is 0.277. The van der Waals surface area contributed by atoms with Crippen molar-refractivity contribution in [2.75, 3.05) is 44.3 Å². The molecule has 0 atom stereocenters. The van der Waals surface area contributed by atoms with Crippen molar-refractivity contribution >= 4 is 51.0 Å². The van der Waals surface area contributed by atoms with Crippen LogP contribution in [0.25, 0.3) is 33.1 Å². The van der Waals surface area contributed by atoms with Crippen LogP contribution in [0.2, 0.25) is 5.02 Å². The molecule has 2 aliphatic rings. The number of piperazine rings is 1. The summed E-state index contributed by atoms with van der Waals surface area (Å²) in [5, 5.41) is 5.82. The fourth-order valence-corrected chi connectivity index (χ4v) is 6.58. The summed E-state index contributed by atoms with van der Waals surface area (Å²) in [5.41, 5.74) is 11.2. The highest BCUT2D eigenvalue weighted by Crippen LogP contribution is 2.39. The molecule has 41 heavy (non-hydrogen) atoms. The Labute approximate surface area is 244 Å². The van der Waals surface area contributed by atoms with Crippen LogP contribution in [0.5, 0.6) is 0 Å². The number of hydrogen-bond acceptors (Lipinski definition) is 8. The van der Waals surface area contributed by atoms with Crippen molar-refractivity contribution in [3.05, 3.63) is 66.2 Å². The SMILES string of the molecule is CN1CCN([C@H]2CC[C@@H](n3cc(-c4ccc(Nc5ncc6ccc(Cl)cc6n5)cc4)c4c(N)ncnc43)CC2)CC1. The van der Waals surface area contributed by atoms with E-state index in [0.29, 0.717) is 28.9 Å². The Kier molecular flexibility index (Phi) is 6.94. The number of anilines is 3. The van der Waals surface area contributed by atoms with Crippen molar-refractivity contribution < 1.29 is 0 Å². The van der Waals surface area contributed by atoms with E-state index < -0.39 is 0 Å². The number of nitrogens with zero attached hydrogens (tertiary/aromatic N) is 7. The van der Waals surface area contributed by atoms with Crippen LogP contribution in [-0.4, -0.2) is 73.6 Å². The molecule has 7 rings (SSSR count). The van der Waals surface area contributed by atoms with Gasteiger partial charge in [0.2, 0.25) is 5.95 Å². The number of rotatable bonds is 5. The molecule has 1 aliphatic heterocycles. The second-order valence-electron chi connectivity index (χ2n) is 11.3. The fourth-order valence-electron chi connectivity index (χ4n) is 6.41.